The highest BCUT2D eigenvalue weighted by Crippen LogP contribution is 2.30. The van der Waals surface area contributed by atoms with Crippen molar-refractivity contribution in [2.75, 3.05) is 4.72 Å². The zero-order chi connectivity index (χ0) is 16.6. The average Bonchev–Trinajstić information content (AvgIpc) is 2.87. The number of hydrogen-bond donors (Lipinski definition) is 1. The fourth-order valence-corrected chi connectivity index (χ4v) is 4.10. The second-order valence-corrected chi connectivity index (χ2v) is 7.56. The predicted octanol–water partition coefficient (Wildman–Crippen LogP) is 3.31. The van der Waals surface area contributed by atoms with Crippen LogP contribution in [0.15, 0.2) is 47.4 Å². The molecule has 1 N–H and O–H groups in total. The summed E-state index contributed by atoms with van der Waals surface area (Å²) in [6.07, 6.45) is 0. The van der Waals surface area contributed by atoms with Gasteiger partial charge in [-0.15, -0.1) is 0 Å². The summed E-state index contributed by atoms with van der Waals surface area (Å²) in [5, 5.41) is 10.9. The molecule has 0 amide bonds. The Balaban J connectivity index is 1.94. The molecule has 2 aromatic carbocycles. The smallest absolute Gasteiger partial charge is 0.258 e. The van der Waals surface area contributed by atoms with Crippen LogP contribution in [0.2, 0.25) is 0 Å². The lowest BCUT2D eigenvalue weighted by atomic mass is 10.2. The highest BCUT2D eigenvalue weighted by atomic mass is 32.2. The van der Waals surface area contributed by atoms with Gasteiger partial charge in [-0.25, -0.2) is 13.4 Å². The first-order valence-electron chi connectivity index (χ1n) is 6.50. The zero-order valence-corrected chi connectivity index (χ0v) is 13.5. The van der Waals surface area contributed by atoms with E-state index in [2.05, 4.69) is 9.71 Å². The normalized spacial score (nSPS) is 11.5. The van der Waals surface area contributed by atoms with Crippen LogP contribution in [0.4, 0.5) is 10.8 Å². The van der Waals surface area contributed by atoms with Crippen LogP contribution in [-0.4, -0.2) is 18.3 Å². The van der Waals surface area contributed by atoms with Crippen LogP contribution < -0.4 is 4.72 Å². The number of non-ortho nitro benzene ring substituents is 1. The quantitative estimate of drug-likeness (QED) is 0.575. The van der Waals surface area contributed by atoms with E-state index in [-0.39, 0.29) is 15.7 Å². The number of nitrogens with one attached hydrogen (secondary N) is 1. The molecule has 0 radical (unpaired) electrons. The Kier molecular flexibility index (Phi) is 3.74. The van der Waals surface area contributed by atoms with Gasteiger partial charge in [-0.05, 0) is 25.1 Å². The third-order valence-electron chi connectivity index (χ3n) is 3.14. The van der Waals surface area contributed by atoms with Gasteiger partial charge in [0.2, 0.25) is 0 Å². The Morgan fingerprint density at radius 1 is 1.17 bits per heavy atom. The maximum atomic E-state index is 12.3. The van der Waals surface area contributed by atoms with Gasteiger partial charge in [0.15, 0.2) is 5.13 Å². The van der Waals surface area contributed by atoms with Gasteiger partial charge >= 0.3 is 0 Å². The maximum Gasteiger partial charge on any atom is 0.270 e. The first-order chi connectivity index (χ1) is 10.8. The van der Waals surface area contributed by atoms with Gasteiger partial charge in [0.05, 0.1) is 20.0 Å². The molecule has 3 rings (SSSR count). The van der Waals surface area contributed by atoms with Crippen molar-refractivity contribution in [3.05, 3.63) is 58.1 Å². The van der Waals surface area contributed by atoms with Crippen LogP contribution >= 0.6 is 11.3 Å². The number of nitrogens with zero attached hydrogens (tertiary/aromatic N) is 2. The molecule has 23 heavy (non-hydrogen) atoms. The van der Waals surface area contributed by atoms with Gasteiger partial charge in [0.1, 0.15) is 0 Å². The molecule has 1 heterocycles. The third kappa shape index (κ3) is 3.15. The lowest BCUT2D eigenvalue weighted by Gasteiger charge is -2.04. The number of thiazole rings is 1. The van der Waals surface area contributed by atoms with Crippen molar-refractivity contribution in [3.8, 4) is 0 Å². The summed E-state index contributed by atoms with van der Waals surface area (Å²) in [6.45, 7) is 1.87. The van der Waals surface area contributed by atoms with Crippen LogP contribution in [0, 0.1) is 17.0 Å². The van der Waals surface area contributed by atoms with Crippen molar-refractivity contribution in [1.29, 1.82) is 0 Å². The summed E-state index contributed by atoms with van der Waals surface area (Å²) >= 11 is 1.05. The van der Waals surface area contributed by atoms with Crippen molar-refractivity contribution < 1.29 is 13.3 Å². The molecule has 7 nitrogen and oxygen atoms in total. The lowest BCUT2D eigenvalue weighted by Crippen LogP contribution is -2.12. The molecule has 0 aliphatic heterocycles. The molecule has 0 atom stereocenters. The van der Waals surface area contributed by atoms with Gasteiger partial charge in [-0.2, -0.15) is 0 Å². The van der Waals surface area contributed by atoms with Crippen molar-refractivity contribution in [3.63, 3.8) is 0 Å². The molecule has 0 unspecified atom stereocenters. The highest BCUT2D eigenvalue weighted by molar-refractivity contribution is 7.93. The summed E-state index contributed by atoms with van der Waals surface area (Å²) in [4.78, 5) is 14.5. The standard InChI is InChI=1S/C14H11N3O4S2/c1-9-2-5-11(6-3-9)23(20,21)16-14-15-12-7-4-10(17(18)19)8-13(12)22-14/h2-8H,1H3,(H,15,16). The van der Waals surface area contributed by atoms with Gasteiger partial charge in [0.25, 0.3) is 15.7 Å². The van der Waals surface area contributed by atoms with E-state index in [4.69, 9.17) is 0 Å². The Morgan fingerprint density at radius 3 is 2.52 bits per heavy atom. The fourth-order valence-electron chi connectivity index (χ4n) is 1.96. The minimum Gasteiger partial charge on any atom is -0.258 e. The molecule has 0 bridgehead atoms. The molecule has 3 aromatic rings. The van der Waals surface area contributed by atoms with E-state index < -0.39 is 14.9 Å². The van der Waals surface area contributed by atoms with E-state index in [0.29, 0.717) is 10.2 Å². The first-order valence-corrected chi connectivity index (χ1v) is 8.79. The van der Waals surface area contributed by atoms with E-state index in [1.807, 2.05) is 6.92 Å². The van der Waals surface area contributed by atoms with Crippen molar-refractivity contribution in [2.45, 2.75) is 11.8 Å². The molecule has 0 saturated carbocycles. The topological polar surface area (TPSA) is 102 Å². The van der Waals surface area contributed by atoms with Crippen LogP contribution in [-0.2, 0) is 10.0 Å². The Labute approximate surface area is 135 Å². The minimum atomic E-state index is -3.74. The van der Waals surface area contributed by atoms with Gasteiger partial charge < -0.3 is 0 Å². The molecule has 0 saturated heterocycles. The molecule has 0 aliphatic carbocycles. The molecule has 0 aliphatic rings. The fraction of sp³-hybridized carbons (Fsp3) is 0.0714. The lowest BCUT2D eigenvalue weighted by molar-refractivity contribution is -0.384. The van der Waals surface area contributed by atoms with Crippen LogP contribution in [0.1, 0.15) is 5.56 Å². The van der Waals surface area contributed by atoms with E-state index in [0.717, 1.165) is 16.9 Å². The summed E-state index contributed by atoms with van der Waals surface area (Å²) in [5.41, 5.74) is 1.40. The average molecular weight is 349 g/mol. The predicted molar refractivity (Wildman–Crippen MR) is 88.3 cm³/mol. The molecule has 0 fully saturated rings. The number of nitro groups is 1. The van der Waals surface area contributed by atoms with Gasteiger partial charge in [-0.3, -0.25) is 14.8 Å². The molecule has 118 valence electrons. The highest BCUT2D eigenvalue weighted by Gasteiger charge is 2.17. The van der Waals surface area contributed by atoms with Crippen molar-refractivity contribution in [2.24, 2.45) is 0 Å². The third-order valence-corrected chi connectivity index (χ3v) is 5.55. The number of hydrogen-bond acceptors (Lipinski definition) is 6. The molecular weight excluding hydrogens is 338 g/mol. The van der Waals surface area contributed by atoms with Gasteiger partial charge in [-0.1, -0.05) is 29.0 Å². The number of fused-ring (bicyclic) bond motifs is 1. The van der Waals surface area contributed by atoms with E-state index in [1.165, 1.54) is 30.3 Å². The van der Waals surface area contributed by atoms with E-state index in [9.17, 15) is 18.5 Å². The number of benzene rings is 2. The Bertz CT molecular complexity index is 995. The molecule has 0 spiro atoms. The molecule has 9 heteroatoms. The number of anilines is 1. The van der Waals surface area contributed by atoms with Crippen LogP contribution in [0.5, 0.6) is 0 Å². The van der Waals surface area contributed by atoms with E-state index >= 15 is 0 Å². The second-order valence-electron chi connectivity index (χ2n) is 4.85. The first kappa shape index (κ1) is 15.4. The number of rotatable bonds is 4. The summed E-state index contributed by atoms with van der Waals surface area (Å²) in [5.74, 6) is 0. The van der Waals surface area contributed by atoms with Crippen molar-refractivity contribution in [1.82, 2.24) is 4.98 Å². The summed E-state index contributed by atoms with van der Waals surface area (Å²) < 4.78 is 27.6. The van der Waals surface area contributed by atoms with Crippen LogP contribution in [0.25, 0.3) is 10.2 Å². The van der Waals surface area contributed by atoms with Crippen molar-refractivity contribution >= 4 is 42.4 Å². The van der Waals surface area contributed by atoms with Gasteiger partial charge in [0, 0.05) is 12.1 Å². The zero-order valence-electron chi connectivity index (χ0n) is 11.9. The SMILES string of the molecule is Cc1ccc(S(=O)(=O)Nc2nc3ccc([N+](=O)[O-])cc3s2)cc1. The number of nitro benzene ring substituents is 1. The summed E-state index contributed by atoms with van der Waals surface area (Å²) in [6, 6.07) is 10.6. The van der Waals surface area contributed by atoms with E-state index in [1.54, 1.807) is 12.1 Å². The Hall–Kier alpha value is -2.52. The molecular formula is C14H11N3O4S2. The monoisotopic (exact) mass is 349 g/mol. The number of sulfonamides is 1. The maximum absolute atomic E-state index is 12.3. The van der Waals surface area contributed by atoms with Crippen LogP contribution in [0.3, 0.4) is 0 Å². The minimum absolute atomic E-state index is 0.0610. The second kappa shape index (κ2) is 5.60. The number of aromatic nitrogens is 1. The largest absolute Gasteiger partial charge is 0.270 e. The summed E-state index contributed by atoms with van der Waals surface area (Å²) in [7, 11) is -3.74. The molecule has 1 aromatic heterocycles. The Morgan fingerprint density at radius 2 is 1.87 bits per heavy atom. The number of aryl methyl sites for hydroxylation is 1.